The lowest BCUT2D eigenvalue weighted by atomic mass is 10.1. The number of hydrogen-bond acceptors (Lipinski definition) is 1. The molecule has 0 amide bonds. The molecule has 15 heavy (non-hydrogen) atoms. The molecule has 1 aromatic carbocycles. The molecule has 0 aliphatic heterocycles. The van der Waals surface area contributed by atoms with Gasteiger partial charge in [0.2, 0.25) is 0 Å². The van der Waals surface area contributed by atoms with Crippen LogP contribution in [-0.4, -0.2) is 4.98 Å². The van der Waals surface area contributed by atoms with Crippen molar-refractivity contribution in [3.8, 4) is 0 Å². The maximum absolute atomic E-state index is 4.68. The number of nitrogens with zero attached hydrogens (tertiary/aromatic N) is 1. The third-order valence-electron chi connectivity index (χ3n) is 2.59. The molecule has 78 valence electrons. The van der Waals surface area contributed by atoms with Gasteiger partial charge in [0.05, 0.1) is 5.52 Å². The Balaban J connectivity index is 2.65. The van der Waals surface area contributed by atoms with Crippen LogP contribution in [0.4, 0.5) is 0 Å². The van der Waals surface area contributed by atoms with Crippen LogP contribution in [0.25, 0.3) is 10.9 Å². The molecule has 0 bridgehead atoms. The van der Waals surface area contributed by atoms with Gasteiger partial charge in [0, 0.05) is 15.6 Å². The standard InChI is InChI=1S/C13H14BrN/c1-3-4-10-6-7-11-9(2)5-8-12(14)13(11)15-10/h5-8H,3-4H2,1-2H3. The second kappa shape index (κ2) is 4.31. The van der Waals surface area contributed by atoms with Crippen LogP contribution in [-0.2, 0) is 6.42 Å². The third kappa shape index (κ3) is 2.05. The van der Waals surface area contributed by atoms with Gasteiger partial charge in [-0.1, -0.05) is 25.5 Å². The van der Waals surface area contributed by atoms with E-state index >= 15 is 0 Å². The fourth-order valence-electron chi connectivity index (χ4n) is 1.76. The van der Waals surface area contributed by atoms with Crippen molar-refractivity contribution in [3.63, 3.8) is 0 Å². The van der Waals surface area contributed by atoms with E-state index in [0.29, 0.717) is 0 Å². The van der Waals surface area contributed by atoms with Crippen molar-refractivity contribution in [1.82, 2.24) is 4.98 Å². The van der Waals surface area contributed by atoms with E-state index in [0.717, 1.165) is 22.8 Å². The lowest BCUT2D eigenvalue weighted by molar-refractivity contribution is 0.889. The number of benzene rings is 1. The van der Waals surface area contributed by atoms with Crippen molar-refractivity contribution in [2.45, 2.75) is 26.7 Å². The van der Waals surface area contributed by atoms with Crippen molar-refractivity contribution < 1.29 is 0 Å². The van der Waals surface area contributed by atoms with Crippen LogP contribution in [0.3, 0.4) is 0 Å². The van der Waals surface area contributed by atoms with Gasteiger partial charge in [-0.15, -0.1) is 0 Å². The van der Waals surface area contributed by atoms with E-state index in [9.17, 15) is 0 Å². The summed E-state index contributed by atoms with van der Waals surface area (Å²) in [5.41, 5.74) is 3.54. The van der Waals surface area contributed by atoms with Crippen molar-refractivity contribution in [2.75, 3.05) is 0 Å². The Hall–Kier alpha value is -0.890. The number of aryl methyl sites for hydroxylation is 2. The third-order valence-corrected chi connectivity index (χ3v) is 3.23. The lowest BCUT2D eigenvalue weighted by Crippen LogP contribution is -1.91. The molecule has 0 atom stereocenters. The Morgan fingerprint density at radius 2 is 2.00 bits per heavy atom. The summed E-state index contributed by atoms with van der Waals surface area (Å²) in [6.07, 6.45) is 2.19. The van der Waals surface area contributed by atoms with E-state index in [1.807, 2.05) is 0 Å². The van der Waals surface area contributed by atoms with Crippen LogP contribution in [0.2, 0.25) is 0 Å². The summed E-state index contributed by atoms with van der Waals surface area (Å²) >= 11 is 3.55. The summed E-state index contributed by atoms with van der Waals surface area (Å²) in [7, 11) is 0. The van der Waals surface area contributed by atoms with Crippen LogP contribution in [0.5, 0.6) is 0 Å². The van der Waals surface area contributed by atoms with Gasteiger partial charge >= 0.3 is 0 Å². The number of pyridine rings is 1. The van der Waals surface area contributed by atoms with Gasteiger partial charge < -0.3 is 0 Å². The van der Waals surface area contributed by atoms with E-state index in [4.69, 9.17) is 0 Å². The molecule has 0 aliphatic carbocycles. The highest BCUT2D eigenvalue weighted by atomic mass is 79.9. The minimum atomic E-state index is 1.05. The van der Waals surface area contributed by atoms with Crippen LogP contribution in [0, 0.1) is 6.92 Å². The van der Waals surface area contributed by atoms with Crippen molar-refractivity contribution in [1.29, 1.82) is 0 Å². The Kier molecular flexibility index (Phi) is 3.06. The minimum absolute atomic E-state index is 1.05. The number of hydrogen-bond donors (Lipinski definition) is 0. The molecule has 2 heteroatoms. The quantitative estimate of drug-likeness (QED) is 0.789. The van der Waals surface area contributed by atoms with E-state index in [-0.39, 0.29) is 0 Å². The maximum Gasteiger partial charge on any atom is 0.0849 e. The first-order chi connectivity index (χ1) is 7.22. The normalized spacial score (nSPS) is 10.9. The highest BCUT2D eigenvalue weighted by Crippen LogP contribution is 2.25. The lowest BCUT2D eigenvalue weighted by Gasteiger charge is -2.05. The van der Waals surface area contributed by atoms with Crippen molar-refractivity contribution in [3.05, 3.63) is 40.0 Å². The average Bonchev–Trinajstić information content (AvgIpc) is 2.24. The molecule has 0 aliphatic rings. The fourth-order valence-corrected chi connectivity index (χ4v) is 2.20. The molecule has 1 heterocycles. The first kappa shape index (κ1) is 10.6. The van der Waals surface area contributed by atoms with Crippen molar-refractivity contribution >= 4 is 26.8 Å². The smallest absolute Gasteiger partial charge is 0.0849 e. The molecule has 0 N–H and O–H groups in total. The number of halogens is 1. The van der Waals surface area contributed by atoms with Gasteiger partial charge in [0.25, 0.3) is 0 Å². The van der Waals surface area contributed by atoms with Crippen LogP contribution >= 0.6 is 15.9 Å². The molecule has 1 nitrogen and oxygen atoms in total. The molecule has 0 fully saturated rings. The summed E-state index contributed by atoms with van der Waals surface area (Å²) in [5, 5.41) is 1.24. The van der Waals surface area contributed by atoms with Crippen LogP contribution in [0.15, 0.2) is 28.7 Å². The summed E-state index contributed by atoms with van der Waals surface area (Å²) in [4.78, 5) is 4.68. The molecule has 0 saturated carbocycles. The van der Waals surface area contributed by atoms with Crippen LogP contribution in [0.1, 0.15) is 24.6 Å². The number of aromatic nitrogens is 1. The van der Waals surface area contributed by atoms with E-state index in [1.165, 1.54) is 16.6 Å². The topological polar surface area (TPSA) is 12.9 Å². The molecule has 0 spiro atoms. The first-order valence-corrected chi connectivity index (χ1v) is 6.06. The molecule has 0 radical (unpaired) electrons. The summed E-state index contributed by atoms with van der Waals surface area (Å²) < 4.78 is 1.08. The Morgan fingerprint density at radius 1 is 1.20 bits per heavy atom. The van der Waals surface area contributed by atoms with Gasteiger partial charge in [-0.3, -0.25) is 4.98 Å². The monoisotopic (exact) mass is 263 g/mol. The van der Waals surface area contributed by atoms with E-state index in [1.54, 1.807) is 0 Å². The molecule has 0 unspecified atom stereocenters. The zero-order valence-electron chi connectivity index (χ0n) is 9.05. The van der Waals surface area contributed by atoms with E-state index in [2.05, 4.69) is 59.0 Å². The van der Waals surface area contributed by atoms with Gasteiger partial charge in [0.1, 0.15) is 0 Å². The zero-order chi connectivity index (χ0) is 10.8. The van der Waals surface area contributed by atoms with Gasteiger partial charge in [0.15, 0.2) is 0 Å². The number of fused-ring (bicyclic) bond motifs is 1. The highest BCUT2D eigenvalue weighted by molar-refractivity contribution is 9.10. The molecular weight excluding hydrogens is 250 g/mol. The second-order valence-electron chi connectivity index (χ2n) is 3.81. The van der Waals surface area contributed by atoms with Gasteiger partial charge in [-0.25, -0.2) is 0 Å². The largest absolute Gasteiger partial charge is 0.252 e. The summed E-state index contributed by atoms with van der Waals surface area (Å²) in [6, 6.07) is 8.49. The predicted octanol–water partition coefficient (Wildman–Crippen LogP) is 4.26. The van der Waals surface area contributed by atoms with Crippen molar-refractivity contribution in [2.24, 2.45) is 0 Å². The fraction of sp³-hybridized carbons (Fsp3) is 0.308. The molecule has 2 aromatic rings. The molecular formula is C13H14BrN. The predicted molar refractivity (Wildman–Crippen MR) is 68.2 cm³/mol. The summed E-state index contributed by atoms with van der Waals surface area (Å²) in [5.74, 6) is 0. The molecule has 2 rings (SSSR count). The second-order valence-corrected chi connectivity index (χ2v) is 4.67. The summed E-state index contributed by atoms with van der Waals surface area (Å²) in [6.45, 7) is 4.30. The molecule has 1 aromatic heterocycles. The average molecular weight is 264 g/mol. The minimum Gasteiger partial charge on any atom is -0.252 e. The maximum atomic E-state index is 4.68. The number of rotatable bonds is 2. The SMILES string of the molecule is CCCc1ccc2c(C)ccc(Br)c2n1. The van der Waals surface area contributed by atoms with Gasteiger partial charge in [-0.05, 0) is 47.0 Å². The van der Waals surface area contributed by atoms with E-state index < -0.39 is 0 Å². The zero-order valence-corrected chi connectivity index (χ0v) is 10.6. The Bertz CT molecular complexity index is 491. The molecule has 0 saturated heterocycles. The Morgan fingerprint density at radius 3 is 2.73 bits per heavy atom. The highest BCUT2D eigenvalue weighted by Gasteiger charge is 2.03. The Labute approximate surface area is 98.7 Å². The van der Waals surface area contributed by atoms with Gasteiger partial charge in [-0.2, -0.15) is 0 Å². The van der Waals surface area contributed by atoms with Crippen LogP contribution < -0.4 is 0 Å². The first-order valence-electron chi connectivity index (χ1n) is 5.27.